The van der Waals surface area contributed by atoms with E-state index in [2.05, 4.69) is 20.0 Å². The number of esters is 1. The second-order valence-electron chi connectivity index (χ2n) is 10.5. The van der Waals surface area contributed by atoms with Crippen LogP contribution in [0.2, 0.25) is 0 Å². The predicted octanol–water partition coefficient (Wildman–Crippen LogP) is 2.61. The zero-order valence-electron chi connectivity index (χ0n) is 23.1. The van der Waals surface area contributed by atoms with Gasteiger partial charge in [-0.2, -0.15) is 5.09 Å². The molecule has 228 valence electrons. The lowest BCUT2D eigenvalue weighted by molar-refractivity contribution is -0.152. The molecule has 1 aromatic carbocycles. The molecular weight excluding hydrogens is 574 g/mol. The van der Waals surface area contributed by atoms with Crippen molar-refractivity contribution in [1.29, 1.82) is 0 Å². The first-order chi connectivity index (χ1) is 20.0. The van der Waals surface area contributed by atoms with Gasteiger partial charge in [0, 0.05) is 0 Å². The minimum Gasteiger partial charge on any atom is -0.461 e. The highest BCUT2D eigenvalue weighted by Crippen LogP contribution is 2.48. The number of imidazole rings is 1. The molecule has 0 spiro atoms. The number of halogens is 1. The van der Waals surface area contributed by atoms with Crippen LogP contribution in [0.4, 0.5) is 10.2 Å². The van der Waals surface area contributed by atoms with Gasteiger partial charge in [0.05, 0.1) is 12.4 Å². The fraction of sp³-hybridized carbons (Fsp3) is 0.538. The van der Waals surface area contributed by atoms with Crippen LogP contribution in [0.1, 0.15) is 52.2 Å². The van der Waals surface area contributed by atoms with Crippen molar-refractivity contribution >= 4 is 30.7 Å². The van der Waals surface area contributed by atoms with Crippen LogP contribution < -0.4 is 15.3 Å². The number of carbonyl (C=O) groups excluding carboxylic acids is 1. The fourth-order valence-electron chi connectivity index (χ4n) is 5.09. The summed E-state index contributed by atoms with van der Waals surface area (Å²) in [7, 11) is -4.40. The van der Waals surface area contributed by atoms with Gasteiger partial charge in [-0.05, 0) is 63.8 Å². The van der Waals surface area contributed by atoms with Crippen LogP contribution in [-0.4, -0.2) is 72.3 Å². The Morgan fingerprint density at radius 2 is 1.86 bits per heavy atom. The molecule has 5 N–H and O–H groups in total. The first-order valence-electron chi connectivity index (χ1n) is 13.7. The smallest absolute Gasteiger partial charge is 0.459 e. The summed E-state index contributed by atoms with van der Waals surface area (Å²) in [4.78, 5) is 25.0. The van der Waals surface area contributed by atoms with E-state index in [4.69, 9.17) is 24.3 Å². The van der Waals surface area contributed by atoms with E-state index in [0.717, 1.165) is 44.2 Å². The molecule has 0 bridgehead atoms. The molecule has 42 heavy (non-hydrogen) atoms. The minimum atomic E-state index is -4.40. The number of anilines is 1. The summed E-state index contributed by atoms with van der Waals surface area (Å²) in [5.74, 6) is -1.05. The molecule has 2 fully saturated rings. The van der Waals surface area contributed by atoms with Gasteiger partial charge in [0.25, 0.3) is 0 Å². The summed E-state index contributed by atoms with van der Waals surface area (Å²) in [6, 6.07) is 3.61. The summed E-state index contributed by atoms with van der Waals surface area (Å²) in [6.45, 7) is 2.92. The fourth-order valence-corrected chi connectivity index (χ4v) is 6.78. The molecule has 0 radical (unpaired) electrons. The van der Waals surface area contributed by atoms with Crippen LogP contribution in [0.15, 0.2) is 36.9 Å². The third kappa shape index (κ3) is 6.56. The van der Waals surface area contributed by atoms with Crippen LogP contribution in [0.5, 0.6) is 5.75 Å². The molecule has 3 heterocycles. The highest BCUT2D eigenvalue weighted by atomic mass is 31.2. The van der Waals surface area contributed by atoms with Crippen molar-refractivity contribution < 1.29 is 42.5 Å². The number of hydrogen-bond donors (Lipinski definition) is 4. The topological polar surface area (TPSA) is 193 Å². The number of nitrogens with zero attached hydrogens (tertiary/aromatic N) is 4. The number of fused-ring (bicyclic) bond motifs is 1. The summed E-state index contributed by atoms with van der Waals surface area (Å²) in [6.07, 6.45) is 0.376. The largest absolute Gasteiger partial charge is 0.461 e. The van der Waals surface area contributed by atoms with Gasteiger partial charge < -0.3 is 29.9 Å². The van der Waals surface area contributed by atoms with Crippen molar-refractivity contribution in [3.63, 3.8) is 0 Å². The highest BCUT2D eigenvalue weighted by molar-refractivity contribution is 7.52. The number of aliphatic hydroxyl groups is 2. The number of aromatic nitrogens is 4. The SMILES string of the molecule is CC(NP(=O)(Oc1ccc(F)cc1)OC(C)C1OC(n2cnc3c(N)ncnc32)[C@H](O)[C@@H]1O)C(=O)OC1CCCCC1. The van der Waals surface area contributed by atoms with Gasteiger partial charge >= 0.3 is 13.7 Å². The third-order valence-corrected chi connectivity index (χ3v) is 9.05. The third-order valence-electron chi connectivity index (χ3n) is 7.28. The normalized spacial score (nSPS) is 26.0. The van der Waals surface area contributed by atoms with Crippen LogP contribution >= 0.6 is 7.75 Å². The van der Waals surface area contributed by atoms with E-state index in [0.29, 0.717) is 0 Å². The average molecular weight is 609 g/mol. The van der Waals surface area contributed by atoms with Crippen molar-refractivity contribution in [2.75, 3.05) is 5.73 Å². The first-order valence-corrected chi connectivity index (χ1v) is 15.3. The Balaban J connectivity index is 1.33. The second kappa shape index (κ2) is 12.6. The number of rotatable bonds is 10. The van der Waals surface area contributed by atoms with Crippen molar-refractivity contribution in [3.8, 4) is 5.75 Å². The van der Waals surface area contributed by atoms with Gasteiger partial charge in [-0.25, -0.2) is 23.9 Å². The Morgan fingerprint density at radius 1 is 1.14 bits per heavy atom. The molecule has 3 aromatic rings. The maximum Gasteiger partial charge on any atom is 0.459 e. The molecule has 2 aliphatic rings. The van der Waals surface area contributed by atoms with E-state index < -0.39 is 56.2 Å². The van der Waals surface area contributed by atoms with Crippen molar-refractivity contribution in [2.24, 2.45) is 0 Å². The van der Waals surface area contributed by atoms with Crippen LogP contribution in [0.25, 0.3) is 11.2 Å². The minimum absolute atomic E-state index is 0.000221. The predicted molar refractivity (Wildman–Crippen MR) is 146 cm³/mol. The number of benzene rings is 1. The quantitative estimate of drug-likeness (QED) is 0.194. The van der Waals surface area contributed by atoms with E-state index >= 15 is 0 Å². The molecule has 5 unspecified atom stereocenters. The Hall–Kier alpha value is -3.20. The van der Waals surface area contributed by atoms with Gasteiger partial charge in [0.1, 0.15) is 53.9 Å². The number of hydrogen-bond acceptors (Lipinski definition) is 12. The van der Waals surface area contributed by atoms with E-state index in [-0.39, 0.29) is 28.8 Å². The summed E-state index contributed by atoms with van der Waals surface area (Å²) < 4.78 is 51.9. The average Bonchev–Trinajstić information content (AvgIpc) is 3.52. The van der Waals surface area contributed by atoms with Gasteiger partial charge in [-0.15, -0.1) is 0 Å². The standard InChI is InChI=1S/C26H34FN6O8P/c1-14(26(36)38-17-6-4-3-5-7-17)32-42(37,41-18-10-8-16(27)9-11-18)40-15(2)22-20(34)21(35)25(39-22)33-13-31-19-23(28)29-12-30-24(19)33/h8-15,17,20-22,25,34-35H,3-7H2,1-2H3,(H,32,37)(H2,28,29,30)/t14?,15?,20-,21+,22?,25?,42?/m0/s1. The van der Waals surface area contributed by atoms with Crippen molar-refractivity contribution in [1.82, 2.24) is 24.6 Å². The van der Waals surface area contributed by atoms with Crippen molar-refractivity contribution in [2.45, 2.75) is 88.7 Å². The lowest BCUT2D eigenvalue weighted by Crippen LogP contribution is -2.41. The Kier molecular flexibility index (Phi) is 9.06. The molecular formula is C26H34FN6O8P. The number of ether oxygens (including phenoxy) is 2. The number of carbonyl (C=O) groups is 1. The van der Waals surface area contributed by atoms with Gasteiger partial charge in [-0.1, -0.05) is 6.42 Å². The number of nitrogen functional groups attached to an aromatic ring is 1. The lowest BCUT2D eigenvalue weighted by atomic mass is 9.98. The van der Waals surface area contributed by atoms with Gasteiger partial charge in [0.15, 0.2) is 17.7 Å². The number of nitrogens with one attached hydrogen (secondary N) is 1. The van der Waals surface area contributed by atoms with Gasteiger partial charge in [-0.3, -0.25) is 13.9 Å². The maximum atomic E-state index is 14.0. The van der Waals surface area contributed by atoms with E-state index in [1.807, 2.05) is 0 Å². The molecule has 1 saturated heterocycles. The molecule has 1 aliphatic carbocycles. The van der Waals surface area contributed by atoms with Crippen molar-refractivity contribution in [3.05, 3.63) is 42.7 Å². The zero-order valence-corrected chi connectivity index (χ0v) is 24.0. The maximum absolute atomic E-state index is 14.0. The van der Waals surface area contributed by atoms with E-state index in [9.17, 15) is 24.0 Å². The summed E-state index contributed by atoms with van der Waals surface area (Å²) in [5, 5.41) is 24.3. The van der Waals surface area contributed by atoms with E-state index in [1.165, 1.54) is 43.2 Å². The Labute approximate surface area is 240 Å². The molecule has 0 amide bonds. The summed E-state index contributed by atoms with van der Waals surface area (Å²) in [5.41, 5.74) is 6.41. The van der Waals surface area contributed by atoms with E-state index in [1.54, 1.807) is 0 Å². The highest BCUT2D eigenvalue weighted by Gasteiger charge is 2.49. The van der Waals surface area contributed by atoms with Crippen LogP contribution in [-0.2, 0) is 23.4 Å². The second-order valence-corrected chi connectivity index (χ2v) is 12.1. The monoisotopic (exact) mass is 608 g/mol. The number of nitrogens with two attached hydrogens (primary N) is 1. The molecule has 7 atom stereocenters. The van der Waals surface area contributed by atoms with Crippen LogP contribution in [0.3, 0.4) is 0 Å². The molecule has 16 heteroatoms. The van der Waals surface area contributed by atoms with Gasteiger partial charge in [0.2, 0.25) is 0 Å². The molecule has 1 aliphatic heterocycles. The summed E-state index contributed by atoms with van der Waals surface area (Å²) >= 11 is 0. The number of aliphatic hydroxyl groups excluding tert-OH is 2. The first kappa shape index (κ1) is 30.3. The molecule has 2 aromatic heterocycles. The zero-order chi connectivity index (χ0) is 30.0. The Bertz CT molecular complexity index is 1440. The van der Waals surface area contributed by atoms with Crippen LogP contribution in [0, 0.1) is 5.82 Å². The Morgan fingerprint density at radius 3 is 2.57 bits per heavy atom. The molecule has 14 nitrogen and oxygen atoms in total. The molecule has 1 saturated carbocycles. The lowest BCUT2D eigenvalue weighted by Gasteiger charge is -2.29. The molecule has 5 rings (SSSR count).